The molecule has 3 aromatic carbocycles. The molecule has 0 unspecified atom stereocenters. The maximum absolute atomic E-state index is 12.4. The van der Waals surface area contributed by atoms with Crippen LogP contribution in [0, 0.1) is 0 Å². The molecule has 0 aliphatic carbocycles. The third-order valence-corrected chi connectivity index (χ3v) is 4.90. The number of rotatable bonds is 6. The highest BCUT2D eigenvalue weighted by Gasteiger charge is 2.23. The second-order valence-corrected chi connectivity index (χ2v) is 8.08. The van der Waals surface area contributed by atoms with Gasteiger partial charge in [0, 0.05) is 0 Å². The number of urea groups is 1. The molecule has 0 radical (unpaired) electrons. The summed E-state index contributed by atoms with van der Waals surface area (Å²) in [7, 11) is 3.19. The van der Waals surface area contributed by atoms with E-state index in [9.17, 15) is 4.79 Å². The van der Waals surface area contributed by atoms with Gasteiger partial charge in [-0.2, -0.15) is 0 Å². The Balaban J connectivity index is 1.92. The van der Waals surface area contributed by atoms with Crippen LogP contribution < -0.4 is 24.8 Å². The van der Waals surface area contributed by atoms with Gasteiger partial charge in [0.1, 0.15) is 23.0 Å². The minimum Gasteiger partial charge on any atom is -0.497 e. The van der Waals surface area contributed by atoms with E-state index in [4.69, 9.17) is 19.9 Å². The number of hydrogen-bond acceptors (Lipinski definition) is 4. The van der Waals surface area contributed by atoms with Gasteiger partial charge in [-0.3, -0.25) is 4.90 Å². The van der Waals surface area contributed by atoms with Gasteiger partial charge in [0.2, 0.25) is 0 Å². The topological polar surface area (TPSA) is 74.0 Å². The number of methoxy groups -OCH3 is 2. The summed E-state index contributed by atoms with van der Waals surface area (Å²) in [6, 6.07) is 19.6. The molecule has 3 aromatic rings. The number of primary amides is 1. The zero-order chi connectivity index (χ0) is 22.6. The molecule has 2 amide bonds. The molecule has 0 fully saturated rings. The van der Waals surface area contributed by atoms with Gasteiger partial charge in [-0.05, 0) is 71.6 Å². The second-order valence-electron chi connectivity index (χ2n) is 8.08. The molecule has 162 valence electrons. The third-order valence-electron chi connectivity index (χ3n) is 4.90. The van der Waals surface area contributed by atoms with E-state index in [1.807, 2.05) is 42.5 Å². The molecule has 2 N–H and O–H groups in total. The normalized spacial score (nSPS) is 11.0. The molecule has 6 heteroatoms. The van der Waals surface area contributed by atoms with Crippen molar-refractivity contribution in [3.63, 3.8) is 0 Å². The average molecular weight is 421 g/mol. The summed E-state index contributed by atoms with van der Waals surface area (Å²) in [5.74, 6) is 2.63. The highest BCUT2D eigenvalue weighted by Crippen LogP contribution is 2.38. The van der Waals surface area contributed by atoms with Crippen molar-refractivity contribution in [3.05, 3.63) is 72.3 Å². The van der Waals surface area contributed by atoms with Crippen molar-refractivity contribution in [2.24, 2.45) is 5.73 Å². The van der Waals surface area contributed by atoms with E-state index in [2.05, 4.69) is 20.8 Å². The summed E-state index contributed by atoms with van der Waals surface area (Å²) in [4.78, 5) is 13.9. The van der Waals surface area contributed by atoms with Crippen LogP contribution >= 0.6 is 0 Å². The fourth-order valence-electron chi connectivity index (χ4n) is 3.16. The maximum atomic E-state index is 12.4. The highest BCUT2D eigenvalue weighted by atomic mass is 16.5. The monoisotopic (exact) mass is 420 g/mol. The molecule has 6 nitrogen and oxygen atoms in total. The standard InChI is InChI=1S/C25H28N2O4/c1-25(2,3)17-6-15-23(30-5)22(16-17)27(24(26)28)18-7-9-20(10-8-18)31-21-13-11-19(29-4)12-14-21/h6-16H,1-5H3,(H2,26,28). The van der Waals surface area contributed by atoms with Gasteiger partial charge in [0.25, 0.3) is 0 Å². The highest BCUT2D eigenvalue weighted by molar-refractivity contribution is 6.00. The summed E-state index contributed by atoms with van der Waals surface area (Å²) < 4.78 is 16.5. The maximum Gasteiger partial charge on any atom is 0.324 e. The Hall–Kier alpha value is -3.67. The Bertz CT molecular complexity index is 1040. The third kappa shape index (κ3) is 5.09. The van der Waals surface area contributed by atoms with Crippen LogP contribution in [0.25, 0.3) is 0 Å². The van der Waals surface area contributed by atoms with Gasteiger partial charge in [0.15, 0.2) is 0 Å². The molecule has 0 aliphatic rings. The molecular weight excluding hydrogens is 392 g/mol. The lowest BCUT2D eigenvalue weighted by molar-refractivity contribution is 0.256. The Morgan fingerprint density at radius 1 is 0.806 bits per heavy atom. The van der Waals surface area contributed by atoms with E-state index in [-0.39, 0.29) is 5.41 Å². The molecule has 0 spiro atoms. The Kier molecular flexibility index (Phi) is 6.39. The SMILES string of the molecule is COc1ccc(Oc2ccc(N(C(N)=O)c3cc(C(C)(C)C)ccc3OC)cc2)cc1. The number of ether oxygens (including phenoxy) is 3. The molecule has 0 atom stereocenters. The first-order valence-electron chi connectivity index (χ1n) is 9.93. The van der Waals surface area contributed by atoms with Gasteiger partial charge < -0.3 is 19.9 Å². The molecule has 3 rings (SSSR count). The van der Waals surface area contributed by atoms with Crippen molar-refractivity contribution in [3.8, 4) is 23.0 Å². The average Bonchev–Trinajstić information content (AvgIpc) is 2.74. The zero-order valence-electron chi connectivity index (χ0n) is 18.5. The van der Waals surface area contributed by atoms with E-state index in [1.54, 1.807) is 38.5 Å². The molecular formula is C25H28N2O4. The van der Waals surface area contributed by atoms with Crippen molar-refractivity contribution < 1.29 is 19.0 Å². The van der Waals surface area contributed by atoms with Crippen molar-refractivity contribution in [1.82, 2.24) is 0 Å². The summed E-state index contributed by atoms with van der Waals surface area (Å²) in [5, 5.41) is 0. The van der Waals surface area contributed by atoms with Gasteiger partial charge >= 0.3 is 6.03 Å². The fraction of sp³-hybridized carbons (Fsp3) is 0.240. The van der Waals surface area contributed by atoms with Crippen molar-refractivity contribution in [1.29, 1.82) is 0 Å². The molecule has 0 saturated carbocycles. The first kappa shape index (κ1) is 22.0. The van der Waals surface area contributed by atoms with Crippen LogP contribution in [0.4, 0.5) is 16.2 Å². The summed E-state index contributed by atoms with van der Waals surface area (Å²) >= 11 is 0. The molecule has 0 saturated heterocycles. The lowest BCUT2D eigenvalue weighted by atomic mass is 9.86. The lowest BCUT2D eigenvalue weighted by Crippen LogP contribution is -2.32. The van der Waals surface area contributed by atoms with Gasteiger partial charge in [-0.1, -0.05) is 26.8 Å². The number of benzene rings is 3. The van der Waals surface area contributed by atoms with Crippen LogP contribution in [-0.2, 0) is 5.41 Å². The van der Waals surface area contributed by atoms with E-state index in [1.165, 1.54) is 4.90 Å². The van der Waals surface area contributed by atoms with Crippen LogP contribution in [0.3, 0.4) is 0 Å². The molecule has 0 heterocycles. The summed E-state index contributed by atoms with van der Waals surface area (Å²) in [6.45, 7) is 6.33. The van der Waals surface area contributed by atoms with E-state index < -0.39 is 6.03 Å². The van der Waals surface area contributed by atoms with Crippen molar-refractivity contribution in [2.75, 3.05) is 19.1 Å². The Morgan fingerprint density at radius 3 is 1.84 bits per heavy atom. The number of carbonyl (C=O) groups excluding carboxylic acids is 1. The zero-order valence-corrected chi connectivity index (χ0v) is 18.5. The van der Waals surface area contributed by atoms with Crippen LogP contribution in [0.2, 0.25) is 0 Å². The predicted molar refractivity (Wildman–Crippen MR) is 123 cm³/mol. The van der Waals surface area contributed by atoms with Crippen LogP contribution in [-0.4, -0.2) is 20.3 Å². The van der Waals surface area contributed by atoms with Gasteiger partial charge in [0.05, 0.1) is 25.6 Å². The van der Waals surface area contributed by atoms with E-state index in [0.29, 0.717) is 28.6 Å². The minimum atomic E-state index is -0.604. The van der Waals surface area contributed by atoms with Gasteiger partial charge in [-0.15, -0.1) is 0 Å². The Morgan fingerprint density at radius 2 is 1.35 bits per heavy atom. The largest absolute Gasteiger partial charge is 0.497 e. The number of carbonyl (C=O) groups is 1. The van der Waals surface area contributed by atoms with E-state index >= 15 is 0 Å². The fourth-order valence-corrected chi connectivity index (χ4v) is 3.16. The van der Waals surface area contributed by atoms with Gasteiger partial charge in [-0.25, -0.2) is 4.79 Å². The van der Waals surface area contributed by atoms with Crippen molar-refractivity contribution >= 4 is 17.4 Å². The summed E-state index contributed by atoms with van der Waals surface area (Å²) in [5.41, 5.74) is 7.93. The first-order valence-corrected chi connectivity index (χ1v) is 9.93. The number of nitrogens with two attached hydrogens (primary N) is 1. The van der Waals surface area contributed by atoms with Crippen LogP contribution in [0.5, 0.6) is 23.0 Å². The molecule has 31 heavy (non-hydrogen) atoms. The molecule has 0 bridgehead atoms. The predicted octanol–water partition coefficient (Wildman–Crippen LogP) is 6.01. The summed E-state index contributed by atoms with van der Waals surface area (Å²) in [6.07, 6.45) is 0. The first-order chi connectivity index (χ1) is 14.7. The van der Waals surface area contributed by atoms with E-state index in [0.717, 1.165) is 11.3 Å². The number of nitrogens with zero attached hydrogens (tertiary/aromatic N) is 1. The minimum absolute atomic E-state index is 0.0968. The smallest absolute Gasteiger partial charge is 0.324 e. The van der Waals surface area contributed by atoms with Crippen LogP contribution in [0.15, 0.2) is 66.7 Å². The molecule has 0 aromatic heterocycles. The molecule has 0 aliphatic heterocycles. The Labute approximate surface area is 183 Å². The second kappa shape index (κ2) is 9.00. The quantitative estimate of drug-likeness (QED) is 0.530. The van der Waals surface area contributed by atoms with Crippen LogP contribution in [0.1, 0.15) is 26.3 Å². The lowest BCUT2D eigenvalue weighted by Gasteiger charge is -2.26. The number of anilines is 2. The number of amides is 2. The van der Waals surface area contributed by atoms with Crippen molar-refractivity contribution in [2.45, 2.75) is 26.2 Å². The number of hydrogen-bond donors (Lipinski definition) is 1.